The van der Waals surface area contributed by atoms with Gasteiger partial charge in [-0.3, -0.25) is 0 Å². The number of aryl methyl sites for hydroxylation is 1. The van der Waals surface area contributed by atoms with Crippen LogP contribution in [0.1, 0.15) is 22.9 Å². The maximum Gasteiger partial charge on any atom is 0.124 e. The molecule has 2 aromatic rings. The molecule has 0 aliphatic rings. The summed E-state index contributed by atoms with van der Waals surface area (Å²) in [6.07, 6.45) is -0.657. The first kappa shape index (κ1) is 9.30. The Labute approximate surface area is 86.2 Å². The largest absolute Gasteiger partial charge is 0.382 e. The number of aliphatic hydroxyl groups is 1. The Morgan fingerprint density at radius 3 is 2.79 bits per heavy atom. The van der Waals surface area contributed by atoms with Gasteiger partial charge in [0.05, 0.1) is 0 Å². The molecule has 0 aliphatic heterocycles. The highest BCUT2D eigenvalue weighted by Crippen LogP contribution is 2.23. The molecular formula is C10H10N2OS. The van der Waals surface area contributed by atoms with Crippen LogP contribution in [0.25, 0.3) is 0 Å². The topological polar surface area (TPSA) is 46.0 Å². The van der Waals surface area contributed by atoms with Gasteiger partial charge in [0, 0.05) is 5.38 Å². The molecular weight excluding hydrogens is 196 g/mol. The molecule has 2 rings (SSSR count). The number of benzene rings is 1. The van der Waals surface area contributed by atoms with E-state index in [1.54, 1.807) is 5.38 Å². The van der Waals surface area contributed by atoms with Crippen LogP contribution in [0.3, 0.4) is 0 Å². The zero-order valence-corrected chi connectivity index (χ0v) is 8.53. The lowest BCUT2D eigenvalue weighted by molar-refractivity contribution is 0.214. The fourth-order valence-electron chi connectivity index (χ4n) is 1.34. The van der Waals surface area contributed by atoms with Crippen molar-refractivity contribution in [3.05, 3.63) is 46.5 Å². The molecule has 72 valence electrons. The van der Waals surface area contributed by atoms with Crippen LogP contribution in [0, 0.1) is 6.92 Å². The maximum atomic E-state index is 9.97. The van der Waals surface area contributed by atoms with Crippen molar-refractivity contribution < 1.29 is 5.11 Å². The van der Waals surface area contributed by atoms with Gasteiger partial charge in [-0.1, -0.05) is 28.8 Å². The van der Waals surface area contributed by atoms with E-state index in [9.17, 15) is 5.11 Å². The molecule has 1 unspecified atom stereocenters. The molecule has 1 aromatic heterocycles. The molecule has 0 bridgehead atoms. The lowest BCUT2D eigenvalue weighted by atomic mass is 10.0. The predicted molar refractivity (Wildman–Crippen MR) is 55.1 cm³/mol. The van der Waals surface area contributed by atoms with E-state index in [-0.39, 0.29) is 0 Å². The second-order valence-corrected chi connectivity index (χ2v) is 3.70. The van der Waals surface area contributed by atoms with Gasteiger partial charge in [-0.25, -0.2) is 0 Å². The highest BCUT2D eigenvalue weighted by atomic mass is 32.1. The van der Waals surface area contributed by atoms with Crippen molar-refractivity contribution in [2.45, 2.75) is 13.0 Å². The fraction of sp³-hybridized carbons (Fsp3) is 0.200. The first-order valence-electron chi connectivity index (χ1n) is 4.29. The molecule has 0 radical (unpaired) electrons. The van der Waals surface area contributed by atoms with Crippen molar-refractivity contribution in [2.75, 3.05) is 0 Å². The minimum atomic E-state index is -0.657. The van der Waals surface area contributed by atoms with Crippen LogP contribution in [-0.4, -0.2) is 14.7 Å². The molecule has 0 spiro atoms. The minimum Gasteiger partial charge on any atom is -0.382 e. The molecule has 0 saturated heterocycles. The second kappa shape index (κ2) is 3.86. The van der Waals surface area contributed by atoms with E-state index in [0.717, 1.165) is 11.1 Å². The van der Waals surface area contributed by atoms with E-state index in [1.165, 1.54) is 11.5 Å². The van der Waals surface area contributed by atoms with Crippen LogP contribution in [0.4, 0.5) is 0 Å². The molecule has 0 amide bonds. The van der Waals surface area contributed by atoms with Crippen LogP contribution in [-0.2, 0) is 0 Å². The summed E-state index contributed by atoms with van der Waals surface area (Å²) < 4.78 is 3.73. The van der Waals surface area contributed by atoms with Gasteiger partial charge >= 0.3 is 0 Å². The zero-order valence-electron chi connectivity index (χ0n) is 7.71. The Morgan fingerprint density at radius 2 is 2.14 bits per heavy atom. The molecule has 1 aromatic carbocycles. The molecule has 4 heteroatoms. The van der Waals surface area contributed by atoms with E-state index in [4.69, 9.17) is 0 Å². The quantitative estimate of drug-likeness (QED) is 0.816. The van der Waals surface area contributed by atoms with Crippen LogP contribution in [0.2, 0.25) is 0 Å². The third-order valence-corrected chi connectivity index (χ3v) is 2.66. The van der Waals surface area contributed by atoms with Gasteiger partial charge in [0.15, 0.2) is 0 Å². The van der Waals surface area contributed by atoms with Crippen molar-refractivity contribution >= 4 is 11.5 Å². The van der Waals surface area contributed by atoms with Gasteiger partial charge < -0.3 is 5.11 Å². The molecule has 3 nitrogen and oxygen atoms in total. The molecule has 1 N–H and O–H groups in total. The van der Waals surface area contributed by atoms with Gasteiger partial charge in [0.25, 0.3) is 0 Å². The number of aliphatic hydroxyl groups excluding tert-OH is 1. The van der Waals surface area contributed by atoms with Crippen LogP contribution >= 0.6 is 11.5 Å². The number of hydrogen-bond acceptors (Lipinski definition) is 4. The van der Waals surface area contributed by atoms with Crippen molar-refractivity contribution in [1.29, 1.82) is 0 Å². The lowest BCUT2D eigenvalue weighted by Gasteiger charge is -2.10. The number of rotatable bonds is 2. The lowest BCUT2D eigenvalue weighted by Crippen LogP contribution is -2.02. The van der Waals surface area contributed by atoms with E-state index in [1.807, 2.05) is 31.2 Å². The van der Waals surface area contributed by atoms with Crippen molar-refractivity contribution in [3.63, 3.8) is 0 Å². The Bertz CT molecular complexity index is 414. The Morgan fingerprint density at radius 1 is 1.36 bits per heavy atom. The molecule has 1 atom stereocenters. The van der Waals surface area contributed by atoms with Crippen molar-refractivity contribution in [2.24, 2.45) is 0 Å². The summed E-state index contributed by atoms with van der Waals surface area (Å²) in [5, 5.41) is 15.6. The summed E-state index contributed by atoms with van der Waals surface area (Å²) >= 11 is 1.25. The molecule has 0 aliphatic carbocycles. The smallest absolute Gasteiger partial charge is 0.124 e. The first-order chi connectivity index (χ1) is 6.79. The average molecular weight is 206 g/mol. The van der Waals surface area contributed by atoms with Crippen LogP contribution < -0.4 is 0 Å². The predicted octanol–water partition coefficient (Wildman–Crippen LogP) is 1.93. The minimum absolute atomic E-state index is 0.615. The summed E-state index contributed by atoms with van der Waals surface area (Å²) in [7, 11) is 0. The van der Waals surface area contributed by atoms with E-state index in [2.05, 4.69) is 9.59 Å². The molecule has 1 heterocycles. The zero-order chi connectivity index (χ0) is 9.97. The van der Waals surface area contributed by atoms with Crippen molar-refractivity contribution in [1.82, 2.24) is 9.59 Å². The highest BCUT2D eigenvalue weighted by Gasteiger charge is 2.14. The van der Waals surface area contributed by atoms with E-state index < -0.39 is 6.10 Å². The summed E-state index contributed by atoms with van der Waals surface area (Å²) in [4.78, 5) is 0. The van der Waals surface area contributed by atoms with Crippen molar-refractivity contribution in [3.8, 4) is 0 Å². The summed E-state index contributed by atoms with van der Waals surface area (Å²) in [5.74, 6) is 0. The molecule has 0 fully saturated rings. The standard InChI is InChI=1S/C10H10N2OS/c1-7-4-2-3-5-8(7)10(13)9-6-14-12-11-9/h2-6,10,13H,1H3. The average Bonchev–Trinajstić information content (AvgIpc) is 2.70. The summed E-state index contributed by atoms with van der Waals surface area (Å²) in [6.45, 7) is 1.97. The highest BCUT2D eigenvalue weighted by molar-refractivity contribution is 7.03. The third kappa shape index (κ3) is 1.66. The van der Waals surface area contributed by atoms with Gasteiger partial charge in [0.1, 0.15) is 11.8 Å². The maximum absolute atomic E-state index is 9.97. The van der Waals surface area contributed by atoms with Gasteiger partial charge in [-0.05, 0) is 29.6 Å². The van der Waals surface area contributed by atoms with Gasteiger partial charge in [-0.15, -0.1) is 5.10 Å². The third-order valence-electron chi connectivity index (χ3n) is 2.14. The van der Waals surface area contributed by atoms with E-state index >= 15 is 0 Å². The number of nitrogens with zero attached hydrogens (tertiary/aromatic N) is 2. The monoisotopic (exact) mass is 206 g/mol. The normalized spacial score (nSPS) is 12.7. The number of aromatic nitrogens is 2. The van der Waals surface area contributed by atoms with Gasteiger partial charge in [-0.2, -0.15) is 0 Å². The van der Waals surface area contributed by atoms with Crippen LogP contribution in [0.5, 0.6) is 0 Å². The van der Waals surface area contributed by atoms with E-state index in [0.29, 0.717) is 5.69 Å². The number of hydrogen-bond donors (Lipinski definition) is 1. The van der Waals surface area contributed by atoms with Gasteiger partial charge in [0.2, 0.25) is 0 Å². The Hall–Kier alpha value is -1.26. The molecule has 14 heavy (non-hydrogen) atoms. The fourth-order valence-corrected chi connectivity index (χ4v) is 1.82. The second-order valence-electron chi connectivity index (χ2n) is 3.09. The SMILES string of the molecule is Cc1ccccc1C(O)c1csnn1. The summed E-state index contributed by atoms with van der Waals surface area (Å²) in [6, 6.07) is 7.73. The summed E-state index contributed by atoms with van der Waals surface area (Å²) in [5.41, 5.74) is 2.57. The molecule has 0 saturated carbocycles. The Kier molecular flexibility index (Phi) is 2.56. The van der Waals surface area contributed by atoms with Crippen LogP contribution in [0.15, 0.2) is 29.6 Å². The Balaban J connectivity index is 2.37. The first-order valence-corrected chi connectivity index (χ1v) is 5.13.